The third kappa shape index (κ3) is 4.23. The molecule has 2 aliphatic heterocycles. The first kappa shape index (κ1) is 19.8. The van der Waals surface area contributed by atoms with Crippen LogP contribution in [0.4, 0.5) is 11.4 Å². The Bertz CT molecular complexity index is 814. The highest BCUT2D eigenvalue weighted by Gasteiger charge is 2.26. The molecule has 0 bridgehead atoms. The van der Waals surface area contributed by atoms with Gasteiger partial charge >= 0.3 is 0 Å². The van der Waals surface area contributed by atoms with E-state index in [1.165, 1.54) is 5.69 Å². The number of para-hydroxylation sites is 1. The summed E-state index contributed by atoms with van der Waals surface area (Å²) in [5, 5.41) is 0.887. The number of halogens is 3. The smallest absolute Gasteiger partial charge is 0.231 e. The monoisotopic (exact) mass is 441 g/mol. The van der Waals surface area contributed by atoms with Gasteiger partial charge < -0.3 is 14.4 Å². The first-order valence-electron chi connectivity index (χ1n) is 9.37. The van der Waals surface area contributed by atoms with Gasteiger partial charge in [-0.2, -0.15) is 0 Å². The topological polar surface area (TPSA) is 28.2 Å². The fourth-order valence-electron chi connectivity index (χ4n) is 3.58. The second kappa shape index (κ2) is 8.87. The van der Waals surface area contributed by atoms with Crippen molar-refractivity contribution in [1.82, 2.24) is 4.90 Å². The zero-order chi connectivity index (χ0) is 19.5. The molecule has 0 N–H and O–H groups in total. The van der Waals surface area contributed by atoms with Crippen molar-refractivity contribution in [2.75, 3.05) is 55.4 Å². The minimum atomic E-state index is 0.121. The van der Waals surface area contributed by atoms with Crippen molar-refractivity contribution in [3.63, 3.8) is 0 Å². The Kier molecular flexibility index (Phi) is 6.26. The number of piperazine rings is 1. The van der Waals surface area contributed by atoms with Gasteiger partial charge in [0, 0.05) is 56.7 Å². The second-order valence-corrected chi connectivity index (χ2v) is 8.05. The number of anilines is 2. The van der Waals surface area contributed by atoms with Gasteiger partial charge in [0.25, 0.3) is 0 Å². The van der Waals surface area contributed by atoms with Crippen LogP contribution in [0.5, 0.6) is 11.5 Å². The molecule has 0 atom stereocenters. The molecule has 0 saturated carbocycles. The van der Waals surface area contributed by atoms with E-state index in [4.69, 9.17) is 44.5 Å². The molecule has 8 heteroatoms. The molecule has 28 heavy (non-hydrogen) atoms. The molecule has 2 aromatic carbocycles. The first-order valence-corrected chi connectivity index (χ1v) is 10.5. The molecule has 0 radical (unpaired) electrons. The maximum absolute atomic E-state index is 6.47. The van der Waals surface area contributed by atoms with Crippen LogP contribution in [0.15, 0.2) is 36.4 Å². The summed E-state index contributed by atoms with van der Waals surface area (Å²) in [6, 6.07) is 12.3. The number of benzene rings is 2. The number of ether oxygens (including phenoxy) is 2. The molecule has 0 unspecified atom stereocenters. The molecule has 0 aromatic heterocycles. The number of fused-ring (bicyclic) bond motifs is 1. The lowest BCUT2D eigenvalue weighted by Gasteiger charge is -2.36. The summed E-state index contributed by atoms with van der Waals surface area (Å²) >= 11 is 19.1. The van der Waals surface area contributed by atoms with E-state index in [9.17, 15) is 0 Å². The van der Waals surface area contributed by atoms with Crippen molar-refractivity contribution in [3.05, 3.63) is 46.4 Å². The lowest BCUT2D eigenvalue weighted by molar-refractivity contribution is 0.174. The number of rotatable bonds is 6. The largest absolute Gasteiger partial charge is 0.452 e. The lowest BCUT2D eigenvalue weighted by Crippen LogP contribution is -2.46. The highest BCUT2D eigenvalue weighted by molar-refractivity contribution is 6.40. The Morgan fingerprint density at radius 3 is 2.43 bits per heavy atom. The van der Waals surface area contributed by atoms with Crippen molar-refractivity contribution in [2.45, 2.75) is 6.42 Å². The summed E-state index contributed by atoms with van der Waals surface area (Å²) in [7, 11) is 0. The molecular formula is C20H22Cl3N3O2. The highest BCUT2D eigenvalue weighted by Crippen LogP contribution is 2.49. The molecule has 0 amide bonds. The van der Waals surface area contributed by atoms with E-state index in [0.717, 1.165) is 39.1 Å². The van der Waals surface area contributed by atoms with Gasteiger partial charge in [0.2, 0.25) is 6.79 Å². The quantitative estimate of drug-likeness (QED) is 0.594. The highest BCUT2D eigenvalue weighted by atomic mass is 35.5. The minimum absolute atomic E-state index is 0.121. The Morgan fingerprint density at radius 2 is 1.68 bits per heavy atom. The van der Waals surface area contributed by atoms with Crippen molar-refractivity contribution >= 4 is 46.4 Å². The van der Waals surface area contributed by atoms with Gasteiger partial charge in [-0.25, -0.2) is 0 Å². The standard InChI is InChI=1S/C20H22Cl3N3O2/c21-16-13-17(18(22)20-19(16)27-14-28-20)26(23)8-4-7-24-9-11-25(12-10-24)15-5-2-1-3-6-15/h1-3,5-6,13H,4,7-12,14H2. The molecule has 150 valence electrons. The average Bonchev–Trinajstić information content (AvgIpc) is 3.23. The molecule has 0 aliphatic carbocycles. The zero-order valence-electron chi connectivity index (χ0n) is 15.4. The maximum atomic E-state index is 6.47. The number of hydrogen-bond donors (Lipinski definition) is 0. The van der Waals surface area contributed by atoms with E-state index >= 15 is 0 Å². The van der Waals surface area contributed by atoms with Gasteiger partial charge in [0.15, 0.2) is 11.5 Å². The summed E-state index contributed by atoms with van der Waals surface area (Å²) in [6.45, 7) is 5.95. The predicted octanol–water partition coefficient (Wildman–Crippen LogP) is 4.89. The van der Waals surface area contributed by atoms with Crippen LogP contribution in [0.25, 0.3) is 0 Å². The SMILES string of the molecule is Clc1cc(N(Cl)CCCN2CCN(c3ccccc3)CC2)c(Cl)c2c1OCO2. The van der Waals surface area contributed by atoms with Crippen LogP contribution in [0.1, 0.15) is 6.42 Å². The average molecular weight is 443 g/mol. The van der Waals surface area contributed by atoms with Crippen LogP contribution in [-0.2, 0) is 0 Å². The van der Waals surface area contributed by atoms with Gasteiger partial charge in [-0.1, -0.05) is 41.4 Å². The normalized spacial score (nSPS) is 16.5. The van der Waals surface area contributed by atoms with E-state index in [-0.39, 0.29) is 6.79 Å². The molecule has 0 spiro atoms. The number of nitrogens with zero attached hydrogens (tertiary/aromatic N) is 3. The Labute approximate surface area is 180 Å². The summed E-state index contributed by atoms with van der Waals surface area (Å²) in [5.74, 6) is 0.948. The zero-order valence-corrected chi connectivity index (χ0v) is 17.7. The Morgan fingerprint density at radius 1 is 0.964 bits per heavy atom. The molecule has 2 heterocycles. The summed E-state index contributed by atoms with van der Waals surface area (Å²) in [4.78, 5) is 4.90. The van der Waals surface area contributed by atoms with Crippen molar-refractivity contribution in [3.8, 4) is 11.5 Å². The van der Waals surface area contributed by atoms with Gasteiger partial charge in [0.05, 0.1) is 10.7 Å². The van der Waals surface area contributed by atoms with Gasteiger partial charge in [-0.05, 0) is 24.6 Å². The van der Waals surface area contributed by atoms with Gasteiger partial charge in [-0.3, -0.25) is 9.32 Å². The van der Waals surface area contributed by atoms with E-state index in [1.807, 2.05) is 0 Å². The summed E-state index contributed by atoms with van der Waals surface area (Å²) < 4.78 is 12.4. The minimum Gasteiger partial charge on any atom is -0.452 e. The third-order valence-corrected chi connectivity index (χ3v) is 6.10. The Balaban J connectivity index is 1.27. The van der Waals surface area contributed by atoms with E-state index < -0.39 is 0 Å². The maximum Gasteiger partial charge on any atom is 0.231 e. The summed E-state index contributed by atoms with van der Waals surface area (Å²) in [5.41, 5.74) is 1.94. The fraction of sp³-hybridized carbons (Fsp3) is 0.400. The van der Waals surface area contributed by atoms with E-state index in [2.05, 4.69) is 40.1 Å². The van der Waals surface area contributed by atoms with Gasteiger partial charge in [0.1, 0.15) is 5.02 Å². The lowest BCUT2D eigenvalue weighted by atomic mass is 10.2. The second-order valence-electron chi connectivity index (χ2n) is 6.86. The fourth-order valence-corrected chi connectivity index (χ4v) is 4.42. The van der Waals surface area contributed by atoms with Crippen LogP contribution in [0.2, 0.25) is 10.0 Å². The number of hydrogen-bond acceptors (Lipinski definition) is 5. The molecule has 1 saturated heterocycles. The first-order chi connectivity index (χ1) is 13.6. The van der Waals surface area contributed by atoms with Crippen LogP contribution < -0.4 is 18.8 Å². The molecule has 4 rings (SSSR count). The molecular weight excluding hydrogens is 421 g/mol. The molecule has 1 fully saturated rings. The van der Waals surface area contributed by atoms with Crippen molar-refractivity contribution < 1.29 is 9.47 Å². The van der Waals surface area contributed by atoms with Crippen LogP contribution in [-0.4, -0.2) is 51.0 Å². The van der Waals surface area contributed by atoms with E-state index in [0.29, 0.717) is 33.8 Å². The van der Waals surface area contributed by atoms with Crippen LogP contribution in [0, 0.1) is 0 Å². The van der Waals surface area contributed by atoms with Crippen LogP contribution >= 0.6 is 35.0 Å². The van der Waals surface area contributed by atoms with Crippen molar-refractivity contribution in [2.24, 2.45) is 0 Å². The van der Waals surface area contributed by atoms with Crippen LogP contribution in [0.3, 0.4) is 0 Å². The molecule has 2 aliphatic rings. The van der Waals surface area contributed by atoms with E-state index in [1.54, 1.807) is 10.5 Å². The molecule has 2 aromatic rings. The van der Waals surface area contributed by atoms with Gasteiger partial charge in [-0.15, -0.1) is 0 Å². The third-order valence-electron chi connectivity index (χ3n) is 5.10. The Hall–Kier alpha value is -1.53. The van der Waals surface area contributed by atoms with Crippen molar-refractivity contribution in [1.29, 1.82) is 0 Å². The molecule has 5 nitrogen and oxygen atoms in total. The summed E-state index contributed by atoms with van der Waals surface area (Å²) in [6.07, 6.45) is 0.928. The predicted molar refractivity (Wildman–Crippen MR) is 115 cm³/mol.